The SMILES string of the molecule is CCN(CCN)CCc1ccsc1. The van der Waals surface area contributed by atoms with Crippen molar-refractivity contribution >= 4 is 11.3 Å². The van der Waals surface area contributed by atoms with Gasteiger partial charge < -0.3 is 10.6 Å². The summed E-state index contributed by atoms with van der Waals surface area (Å²) in [5, 5.41) is 4.35. The van der Waals surface area contributed by atoms with Crippen LogP contribution < -0.4 is 5.73 Å². The van der Waals surface area contributed by atoms with E-state index in [1.165, 1.54) is 5.56 Å². The molecule has 0 aliphatic rings. The Morgan fingerprint density at radius 2 is 2.31 bits per heavy atom. The summed E-state index contributed by atoms with van der Waals surface area (Å²) >= 11 is 1.77. The van der Waals surface area contributed by atoms with Crippen molar-refractivity contribution in [3.63, 3.8) is 0 Å². The maximum Gasteiger partial charge on any atom is 0.0105 e. The summed E-state index contributed by atoms with van der Waals surface area (Å²) in [6, 6.07) is 2.20. The van der Waals surface area contributed by atoms with Crippen molar-refractivity contribution in [1.82, 2.24) is 4.90 Å². The normalized spacial score (nSPS) is 11.0. The molecular formula is C10H18N2S. The second-order valence-corrected chi connectivity index (χ2v) is 3.88. The molecule has 0 aliphatic carbocycles. The molecule has 0 unspecified atom stereocenters. The Morgan fingerprint density at radius 3 is 2.85 bits per heavy atom. The third-order valence-electron chi connectivity index (χ3n) is 2.19. The second-order valence-electron chi connectivity index (χ2n) is 3.10. The first-order valence-corrected chi connectivity index (χ1v) is 5.74. The molecule has 1 rings (SSSR count). The van der Waals surface area contributed by atoms with Gasteiger partial charge in [-0.1, -0.05) is 6.92 Å². The smallest absolute Gasteiger partial charge is 0.0105 e. The van der Waals surface area contributed by atoms with Crippen LogP contribution in [0.2, 0.25) is 0 Å². The van der Waals surface area contributed by atoms with E-state index >= 15 is 0 Å². The molecular weight excluding hydrogens is 180 g/mol. The Morgan fingerprint density at radius 1 is 1.46 bits per heavy atom. The second kappa shape index (κ2) is 6.13. The molecule has 0 atom stereocenters. The molecule has 0 fully saturated rings. The van der Waals surface area contributed by atoms with Gasteiger partial charge in [-0.3, -0.25) is 0 Å². The van der Waals surface area contributed by atoms with Gasteiger partial charge >= 0.3 is 0 Å². The van der Waals surface area contributed by atoms with E-state index in [4.69, 9.17) is 5.73 Å². The minimum Gasteiger partial charge on any atom is -0.329 e. The topological polar surface area (TPSA) is 29.3 Å². The Kier molecular flexibility index (Phi) is 5.05. The van der Waals surface area contributed by atoms with Gasteiger partial charge in [0, 0.05) is 19.6 Å². The fourth-order valence-electron chi connectivity index (χ4n) is 1.33. The zero-order valence-electron chi connectivity index (χ0n) is 8.20. The van der Waals surface area contributed by atoms with Gasteiger partial charge in [-0.05, 0) is 35.4 Å². The van der Waals surface area contributed by atoms with Gasteiger partial charge in [-0.2, -0.15) is 11.3 Å². The molecule has 0 saturated carbocycles. The summed E-state index contributed by atoms with van der Waals surface area (Å²) in [6.07, 6.45) is 1.15. The molecule has 0 aromatic carbocycles. The summed E-state index contributed by atoms with van der Waals surface area (Å²) in [4.78, 5) is 2.39. The Hall–Kier alpha value is -0.380. The number of hydrogen-bond donors (Lipinski definition) is 1. The van der Waals surface area contributed by atoms with E-state index in [0.717, 1.165) is 32.6 Å². The highest BCUT2D eigenvalue weighted by Gasteiger charge is 2.00. The summed E-state index contributed by atoms with van der Waals surface area (Å²) < 4.78 is 0. The molecule has 13 heavy (non-hydrogen) atoms. The van der Waals surface area contributed by atoms with Crippen LogP contribution >= 0.6 is 11.3 Å². The first kappa shape index (κ1) is 10.7. The minimum absolute atomic E-state index is 0.761. The lowest BCUT2D eigenvalue weighted by atomic mass is 10.2. The zero-order chi connectivity index (χ0) is 9.52. The van der Waals surface area contributed by atoms with Crippen molar-refractivity contribution in [3.05, 3.63) is 22.4 Å². The summed E-state index contributed by atoms with van der Waals surface area (Å²) in [7, 11) is 0. The number of hydrogen-bond acceptors (Lipinski definition) is 3. The standard InChI is InChI=1S/C10H18N2S/c1-2-12(7-5-11)6-3-10-4-8-13-9-10/h4,8-9H,2-3,5-7,11H2,1H3. The first-order valence-electron chi connectivity index (χ1n) is 4.80. The highest BCUT2D eigenvalue weighted by atomic mass is 32.1. The van der Waals surface area contributed by atoms with Gasteiger partial charge in [-0.15, -0.1) is 0 Å². The van der Waals surface area contributed by atoms with Crippen LogP contribution in [0.25, 0.3) is 0 Å². The van der Waals surface area contributed by atoms with Crippen LogP contribution in [-0.2, 0) is 6.42 Å². The molecule has 1 aromatic heterocycles. The Balaban J connectivity index is 2.23. The minimum atomic E-state index is 0.761. The van der Waals surface area contributed by atoms with Crippen molar-refractivity contribution in [3.8, 4) is 0 Å². The lowest BCUT2D eigenvalue weighted by Crippen LogP contribution is -2.31. The largest absolute Gasteiger partial charge is 0.329 e. The summed E-state index contributed by atoms with van der Waals surface area (Å²) in [5.41, 5.74) is 6.96. The fraction of sp³-hybridized carbons (Fsp3) is 0.600. The zero-order valence-corrected chi connectivity index (χ0v) is 9.02. The van der Waals surface area contributed by atoms with Crippen LogP contribution in [0.5, 0.6) is 0 Å². The lowest BCUT2D eigenvalue weighted by Gasteiger charge is -2.18. The lowest BCUT2D eigenvalue weighted by molar-refractivity contribution is 0.300. The monoisotopic (exact) mass is 198 g/mol. The van der Waals surface area contributed by atoms with Gasteiger partial charge in [0.25, 0.3) is 0 Å². The Bertz CT molecular complexity index is 209. The van der Waals surface area contributed by atoms with Crippen molar-refractivity contribution in [2.45, 2.75) is 13.3 Å². The predicted octanol–water partition coefficient (Wildman–Crippen LogP) is 1.57. The highest BCUT2D eigenvalue weighted by molar-refractivity contribution is 7.07. The molecule has 2 nitrogen and oxygen atoms in total. The fourth-order valence-corrected chi connectivity index (χ4v) is 2.04. The van der Waals surface area contributed by atoms with Crippen LogP contribution in [-0.4, -0.2) is 31.1 Å². The predicted molar refractivity (Wildman–Crippen MR) is 59.2 cm³/mol. The highest BCUT2D eigenvalue weighted by Crippen LogP contribution is 2.07. The third-order valence-corrected chi connectivity index (χ3v) is 2.92. The maximum absolute atomic E-state index is 5.51. The van der Waals surface area contributed by atoms with Crippen molar-refractivity contribution in [1.29, 1.82) is 0 Å². The molecule has 0 radical (unpaired) electrons. The molecule has 2 N–H and O–H groups in total. The Labute approximate surface area is 84.4 Å². The van der Waals surface area contributed by atoms with E-state index in [-0.39, 0.29) is 0 Å². The van der Waals surface area contributed by atoms with E-state index in [1.807, 2.05) is 0 Å². The number of likely N-dealkylation sites (N-methyl/N-ethyl adjacent to an activating group) is 1. The van der Waals surface area contributed by atoms with Crippen molar-refractivity contribution in [2.24, 2.45) is 5.73 Å². The van der Waals surface area contributed by atoms with Gasteiger partial charge in [0.1, 0.15) is 0 Å². The van der Waals surface area contributed by atoms with Crippen molar-refractivity contribution in [2.75, 3.05) is 26.2 Å². The van der Waals surface area contributed by atoms with Gasteiger partial charge in [0.15, 0.2) is 0 Å². The van der Waals surface area contributed by atoms with Crippen LogP contribution in [0.1, 0.15) is 12.5 Å². The maximum atomic E-state index is 5.51. The molecule has 0 amide bonds. The third kappa shape index (κ3) is 3.89. The number of nitrogens with two attached hydrogens (primary N) is 1. The van der Waals surface area contributed by atoms with E-state index in [9.17, 15) is 0 Å². The molecule has 1 aromatic rings. The van der Waals surface area contributed by atoms with Crippen molar-refractivity contribution < 1.29 is 0 Å². The molecule has 0 bridgehead atoms. The molecule has 0 spiro atoms. The average molecular weight is 198 g/mol. The molecule has 0 aliphatic heterocycles. The van der Waals surface area contributed by atoms with Gasteiger partial charge in [0.2, 0.25) is 0 Å². The first-order chi connectivity index (χ1) is 6.36. The molecule has 74 valence electrons. The van der Waals surface area contributed by atoms with E-state index in [1.54, 1.807) is 11.3 Å². The summed E-state index contributed by atoms with van der Waals surface area (Å²) in [5.74, 6) is 0. The summed E-state index contributed by atoms with van der Waals surface area (Å²) in [6.45, 7) is 6.19. The molecule has 3 heteroatoms. The van der Waals surface area contributed by atoms with E-state index < -0.39 is 0 Å². The molecule has 0 saturated heterocycles. The molecule has 1 heterocycles. The van der Waals surface area contributed by atoms with Gasteiger partial charge in [0.05, 0.1) is 0 Å². The van der Waals surface area contributed by atoms with E-state index in [0.29, 0.717) is 0 Å². The van der Waals surface area contributed by atoms with Gasteiger partial charge in [-0.25, -0.2) is 0 Å². The van der Waals surface area contributed by atoms with E-state index in [2.05, 4.69) is 28.7 Å². The van der Waals surface area contributed by atoms with Crippen LogP contribution in [0.4, 0.5) is 0 Å². The average Bonchev–Trinajstić information content (AvgIpc) is 2.64. The number of thiophene rings is 1. The van der Waals surface area contributed by atoms with Crippen LogP contribution in [0, 0.1) is 0 Å². The number of nitrogens with zero attached hydrogens (tertiary/aromatic N) is 1. The van der Waals surface area contributed by atoms with Crippen LogP contribution in [0.15, 0.2) is 16.8 Å². The quantitative estimate of drug-likeness (QED) is 0.752. The van der Waals surface area contributed by atoms with Crippen LogP contribution in [0.3, 0.4) is 0 Å². The number of rotatable bonds is 6.